The number of halogens is 3. The molecule has 0 N–H and O–H groups in total. The zero-order valence-electron chi connectivity index (χ0n) is 9.76. The summed E-state index contributed by atoms with van der Waals surface area (Å²) in [4.78, 5) is 0. The lowest BCUT2D eigenvalue weighted by molar-refractivity contribution is 0.369. The third-order valence-corrected chi connectivity index (χ3v) is 4.88. The molecule has 1 saturated carbocycles. The Hall–Kier alpha value is 0.0900. The van der Waals surface area contributed by atoms with Gasteiger partial charge >= 0.3 is 0 Å². The largest absolute Gasteiger partial charge is 0.126 e. The van der Waals surface area contributed by atoms with Gasteiger partial charge in [-0.05, 0) is 36.0 Å². The molecule has 1 aliphatic rings. The molecule has 1 unspecified atom stereocenters. The first kappa shape index (κ1) is 13.5. The second-order valence-electron chi connectivity index (χ2n) is 4.91. The fraction of sp³-hybridized carbons (Fsp3) is 0.571. The Labute approximate surface area is 118 Å². The number of benzene rings is 1. The third kappa shape index (κ3) is 3.53. The van der Waals surface area contributed by atoms with E-state index in [2.05, 4.69) is 6.07 Å². The fourth-order valence-electron chi connectivity index (χ4n) is 2.75. The summed E-state index contributed by atoms with van der Waals surface area (Å²) in [5.74, 6) is 2.11. The minimum absolute atomic E-state index is 0.580. The quantitative estimate of drug-likeness (QED) is 0.635. The van der Waals surface area contributed by atoms with Gasteiger partial charge in [0.1, 0.15) is 0 Å². The highest BCUT2D eigenvalue weighted by atomic mass is 35.5. The molecule has 1 aliphatic carbocycles. The van der Waals surface area contributed by atoms with Gasteiger partial charge in [0.15, 0.2) is 0 Å². The molecule has 1 aromatic carbocycles. The van der Waals surface area contributed by atoms with Crippen LogP contribution in [0.3, 0.4) is 0 Å². The molecule has 0 heterocycles. The monoisotopic (exact) mass is 290 g/mol. The van der Waals surface area contributed by atoms with Crippen molar-refractivity contribution in [1.82, 2.24) is 0 Å². The Balaban J connectivity index is 2.04. The zero-order valence-corrected chi connectivity index (χ0v) is 12.0. The van der Waals surface area contributed by atoms with Gasteiger partial charge in [-0.3, -0.25) is 0 Å². The first-order valence-corrected chi connectivity index (χ1v) is 7.49. The van der Waals surface area contributed by atoms with Crippen molar-refractivity contribution < 1.29 is 0 Å². The summed E-state index contributed by atoms with van der Waals surface area (Å²) in [6.07, 6.45) is 6.40. The minimum atomic E-state index is 0.580. The predicted octanol–water partition coefficient (Wildman–Crippen LogP) is 5.58. The summed E-state index contributed by atoms with van der Waals surface area (Å²) in [7, 11) is 0. The van der Waals surface area contributed by atoms with Crippen LogP contribution in [0.2, 0.25) is 10.0 Å². The maximum Gasteiger partial charge on any atom is 0.0595 e. The molecule has 0 nitrogen and oxygen atoms in total. The molecular weight excluding hydrogens is 275 g/mol. The lowest BCUT2D eigenvalue weighted by atomic mass is 9.87. The number of hydrogen-bond donors (Lipinski definition) is 0. The van der Waals surface area contributed by atoms with Crippen LogP contribution in [0, 0.1) is 11.8 Å². The first-order chi connectivity index (χ1) is 8.20. The standard InChI is InChI=1S/C14H17Cl3/c15-9-12(11-3-1-2-4-11)7-10-5-6-13(16)14(17)8-10/h5-6,8,11-12H,1-4,7,9H2. The summed E-state index contributed by atoms with van der Waals surface area (Å²) in [5.41, 5.74) is 1.25. The van der Waals surface area contributed by atoms with E-state index in [1.807, 2.05) is 12.1 Å². The van der Waals surface area contributed by atoms with Crippen LogP contribution in [0.15, 0.2) is 18.2 Å². The Kier molecular flexibility index (Phi) is 5.02. The van der Waals surface area contributed by atoms with Crippen LogP contribution >= 0.6 is 34.8 Å². The maximum atomic E-state index is 6.11. The zero-order chi connectivity index (χ0) is 12.3. The second-order valence-corrected chi connectivity index (χ2v) is 6.03. The van der Waals surface area contributed by atoms with Crippen molar-refractivity contribution in [3.63, 3.8) is 0 Å². The topological polar surface area (TPSA) is 0 Å². The Bertz CT molecular complexity index is 370. The Morgan fingerprint density at radius 3 is 2.41 bits per heavy atom. The van der Waals surface area contributed by atoms with Crippen LogP contribution in [0.25, 0.3) is 0 Å². The molecule has 0 amide bonds. The Morgan fingerprint density at radius 2 is 1.82 bits per heavy atom. The van der Waals surface area contributed by atoms with E-state index in [1.54, 1.807) is 0 Å². The molecule has 1 fully saturated rings. The van der Waals surface area contributed by atoms with Crippen molar-refractivity contribution in [2.45, 2.75) is 32.1 Å². The van der Waals surface area contributed by atoms with Gasteiger partial charge in [-0.2, -0.15) is 0 Å². The van der Waals surface area contributed by atoms with Gasteiger partial charge in [0, 0.05) is 5.88 Å². The van der Waals surface area contributed by atoms with Gasteiger partial charge < -0.3 is 0 Å². The summed E-state index contributed by atoms with van der Waals surface area (Å²) in [5, 5.41) is 1.27. The van der Waals surface area contributed by atoms with Gasteiger partial charge in [0.25, 0.3) is 0 Å². The van der Waals surface area contributed by atoms with E-state index in [-0.39, 0.29) is 0 Å². The van der Waals surface area contributed by atoms with E-state index in [9.17, 15) is 0 Å². The molecule has 94 valence electrons. The van der Waals surface area contributed by atoms with Crippen LogP contribution < -0.4 is 0 Å². The molecule has 17 heavy (non-hydrogen) atoms. The summed E-state index contributed by atoms with van der Waals surface area (Å²) >= 11 is 18.1. The van der Waals surface area contributed by atoms with Crippen molar-refractivity contribution >= 4 is 34.8 Å². The van der Waals surface area contributed by atoms with Crippen LogP contribution in [0.1, 0.15) is 31.2 Å². The van der Waals surface area contributed by atoms with Gasteiger partial charge in [0.05, 0.1) is 10.0 Å². The normalized spacial score (nSPS) is 18.5. The van der Waals surface area contributed by atoms with E-state index < -0.39 is 0 Å². The predicted molar refractivity (Wildman–Crippen MR) is 76.3 cm³/mol. The molecule has 3 heteroatoms. The van der Waals surface area contributed by atoms with Crippen molar-refractivity contribution in [3.8, 4) is 0 Å². The smallest absolute Gasteiger partial charge is 0.0595 e. The van der Waals surface area contributed by atoms with Crippen LogP contribution in [0.5, 0.6) is 0 Å². The molecule has 0 saturated heterocycles. The van der Waals surface area contributed by atoms with E-state index >= 15 is 0 Å². The minimum Gasteiger partial charge on any atom is -0.126 e. The highest BCUT2D eigenvalue weighted by molar-refractivity contribution is 6.42. The second kappa shape index (κ2) is 6.31. The van der Waals surface area contributed by atoms with Crippen molar-refractivity contribution in [1.29, 1.82) is 0 Å². The average molecular weight is 292 g/mol. The van der Waals surface area contributed by atoms with Gasteiger partial charge in [0.2, 0.25) is 0 Å². The molecule has 2 rings (SSSR count). The van der Waals surface area contributed by atoms with Gasteiger partial charge in [-0.1, -0.05) is 55.0 Å². The van der Waals surface area contributed by atoms with Crippen LogP contribution in [-0.2, 0) is 6.42 Å². The van der Waals surface area contributed by atoms with E-state index in [0.717, 1.165) is 18.2 Å². The van der Waals surface area contributed by atoms with Crippen LogP contribution in [0.4, 0.5) is 0 Å². The highest BCUT2D eigenvalue weighted by Crippen LogP contribution is 2.34. The number of alkyl halides is 1. The molecule has 0 aromatic heterocycles. The fourth-order valence-corrected chi connectivity index (χ4v) is 3.43. The molecule has 0 aliphatic heterocycles. The molecule has 0 bridgehead atoms. The lowest BCUT2D eigenvalue weighted by Crippen LogP contribution is -2.16. The van der Waals surface area contributed by atoms with Crippen molar-refractivity contribution in [2.24, 2.45) is 11.8 Å². The molecule has 1 atom stereocenters. The lowest BCUT2D eigenvalue weighted by Gasteiger charge is -2.21. The molecule has 1 aromatic rings. The number of hydrogen-bond acceptors (Lipinski definition) is 0. The van der Waals surface area contributed by atoms with Crippen LogP contribution in [-0.4, -0.2) is 5.88 Å². The van der Waals surface area contributed by atoms with Gasteiger partial charge in [-0.25, -0.2) is 0 Å². The maximum absolute atomic E-state index is 6.11. The molecule has 0 radical (unpaired) electrons. The van der Waals surface area contributed by atoms with E-state index in [0.29, 0.717) is 16.0 Å². The summed E-state index contributed by atoms with van der Waals surface area (Å²) < 4.78 is 0. The van der Waals surface area contributed by atoms with Gasteiger partial charge in [-0.15, -0.1) is 11.6 Å². The van der Waals surface area contributed by atoms with Crippen molar-refractivity contribution in [3.05, 3.63) is 33.8 Å². The van der Waals surface area contributed by atoms with Crippen molar-refractivity contribution in [2.75, 3.05) is 5.88 Å². The summed E-state index contributed by atoms with van der Waals surface area (Å²) in [6.45, 7) is 0. The Morgan fingerprint density at radius 1 is 1.12 bits per heavy atom. The molecule has 0 spiro atoms. The van der Waals surface area contributed by atoms with E-state index in [1.165, 1.54) is 31.2 Å². The highest BCUT2D eigenvalue weighted by Gasteiger charge is 2.24. The average Bonchev–Trinajstić information content (AvgIpc) is 2.84. The SMILES string of the molecule is ClCC(Cc1ccc(Cl)c(Cl)c1)C1CCCC1. The molecular formula is C14H17Cl3. The first-order valence-electron chi connectivity index (χ1n) is 6.20. The third-order valence-electron chi connectivity index (χ3n) is 3.75. The number of rotatable bonds is 4. The van der Waals surface area contributed by atoms with E-state index in [4.69, 9.17) is 34.8 Å². The summed E-state index contributed by atoms with van der Waals surface area (Å²) in [6, 6.07) is 5.90.